The summed E-state index contributed by atoms with van der Waals surface area (Å²) in [4.78, 5) is 25.3. The second-order valence-electron chi connectivity index (χ2n) is 8.27. The van der Waals surface area contributed by atoms with Gasteiger partial charge in [0.15, 0.2) is 0 Å². The van der Waals surface area contributed by atoms with E-state index in [1.165, 1.54) is 12.0 Å². The van der Waals surface area contributed by atoms with Gasteiger partial charge in [0.2, 0.25) is 0 Å². The molecule has 1 saturated heterocycles. The number of aliphatic carboxylic acids is 1. The highest BCUT2D eigenvalue weighted by molar-refractivity contribution is 5.76. The summed E-state index contributed by atoms with van der Waals surface area (Å²) < 4.78 is 11.8. The molecule has 0 aromatic heterocycles. The molecule has 0 radical (unpaired) electrons. The van der Waals surface area contributed by atoms with Gasteiger partial charge in [0.25, 0.3) is 0 Å². The first-order valence-electron chi connectivity index (χ1n) is 11.5. The third-order valence-electron chi connectivity index (χ3n) is 5.67. The van der Waals surface area contributed by atoms with Crippen LogP contribution in [0.15, 0.2) is 54.6 Å². The number of carbonyl (C=O) groups is 2. The van der Waals surface area contributed by atoms with Crippen molar-refractivity contribution in [3.8, 4) is 5.75 Å². The number of hydrogen-bond acceptors (Lipinski definition) is 5. The van der Waals surface area contributed by atoms with Crippen LogP contribution in [0.1, 0.15) is 43.2 Å². The lowest BCUT2D eigenvalue weighted by Crippen LogP contribution is -2.41. The van der Waals surface area contributed by atoms with Crippen LogP contribution < -0.4 is 4.74 Å². The molecule has 1 aliphatic heterocycles. The summed E-state index contributed by atoms with van der Waals surface area (Å²) in [6.45, 7) is 2.82. The summed E-state index contributed by atoms with van der Waals surface area (Å²) in [5.74, 6) is -0.692. The first-order valence-corrected chi connectivity index (χ1v) is 11.5. The average molecular weight is 440 g/mol. The van der Waals surface area contributed by atoms with Crippen molar-refractivity contribution in [1.29, 1.82) is 0 Å². The van der Waals surface area contributed by atoms with Gasteiger partial charge in [-0.3, -0.25) is 14.5 Å². The van der Waals surface area contributed by atoms with Crippen LogP contribution in [-0.2, 0) is 27.2 Å². The van der Waals surface area contributed by atoms with E-state index >= 15 is 0 Å². The Bertz CT molecular complexity index is 848. The van der Waals surface area contributed by atoms with Crippen LogP contribution in [0.3, 0.4) is 0 Å². The molecule has 1 N–H and O–H groups in total. The Morgan fingerprint density at radius 1 is 0.906 bits per heavy atom. The molecular formula is C26H33NO5. The van der Waals surface area contributed by atoms with Crippen molar-refractivity contribution < 1.29 is 24.2 Å². The summed E-state index contributed by atoms with van der Waals surface area (Å²) in [6.07, 6.45) is 4.50. The predicted octanol–water partition coefficient (Wildman–Crippen LogP) is 4.11. The van der Waals surface area contributed by atoms with Crippen LogP contribution in [0.25, 0.3) is 0 Å². The van der Waals surface area contributed by atoms with Crippen molar-refractivity contribution in [1.82, 2.24) is 4.90 Å². The molecule has 0 amide bonds. The fourth-order valence-corrected chi connectivity index (χ4v) is 3.97. The van der Waals surface area contributed by atoms with E-state index in [4.69, 9.17) is 14.6 Å². The number of ether oxygens (including phenoxy) is 2. The Hall–Kier alpha value is -2.86. The number of carboxylic acid groups (broad SMARTS) is 1. The minimum absolute atomic E-state index is 0.126. The first kappa shape index (κ1) is 23.8. The molecule has 6 nitrogen and oxygen atoms in total. The number of nitrogens with zero attached hydrogens (tertiary/aromatic N) is 1. The average Bonchev–Trinajstić information content (AvgIpc) is 2.82. The van der Waals surface area contributed by atoms with E-state index in [0.717, 1.165) is 50.1 Å². The fraction of sp³-hybridized carbons (Fsp3) is 0.462. The monoisotopic (exact) mass is 439 g/mol. The van der Waals surface area contributed by atoms with Gasteiger partial charge >= 0.3 is 11.9 Å². The SMILES string of the molecule is O=C(O)CCC(=O)OC(COc1ccccc1CCc1ccccc1)CN1CCCCC1. The quantitative estimate of drug-likeness (QED) is 0.502. The molecule has 1 heterocycles. The van der Waals surface area contributed by atoms with Gasteiger partial charge in [0, 0.05) is 6.54 Å². The second-order valence-corrected chi connectivity index (χ2v) is 8.27. The van der Waals surface area contributed by atoms with Crippen molar-refractivity contribution in [3.63, 3.8) is 0 Å². The second kappa shape index (κ2) is 12.9. The van der Waals surface area contributed by atoms with Gasteiger partial charge in [-0.1, -0.05) is 55.0 Å². The van der Waals surface area contributed by atoms with Gasteiger partial charge < -0.3 is 14.6 Å². The summed E-state index contributed by atoms with van der Waals surface area (Å²) in [5, 5.41) is 8.83. The summed E-state index contributed by atoms with van der Waals surface area (Å²) in [6, 6.07) is 18.3. The van der Waals surface area contributed by atoms with Gasteiger partial charge in [0.05, 0.1) is 12.8 Å². The Morgan fingerprint density at radius 2 is 1.62 bits per heavy atom. The lowest BCUT2D eigenvalue weighted by atomic mass is 10.0. The van der Waals surface area contributed by atoms with Crippen molar-refractivity contribution in [2.24, 2.45) is 0 Å². The van der Waals surface area contributed by atoms with Crippen molar-refractivity contribution >= 4 is 11.9 Å². The van der Waals surface area contributed by atoms with Gasteiger partial charge in [-0.05, 0) is 56.0 Å². The normalized spacial score (nSPS) is 15.1. The summed E-state index contributed by atoms with van der Waals surface area (Å²) in [5.41, 5.74) is 2.39. The largest absolute Gasteiger partial charge is 0.489 e. The number of esters is 1. The van der Waals surface area contributed by atoms with E-state index in [1.807, 2.05) is 36.4 Å². The third kappa shape index (κ3) is 8.35. The number of para-hydroxylation sites is 1. The summed E-state index contributed by atoms with van der Waals surface area (Å²) in [7, 11) is 0. The maximum atomic E-state index is 12.2. The van der Waals surface area contributed by atoms with Crippen LogP contribution >= 0.6 is 0 Å². The third-order valence-corrected chi connectivity index (χ3v) is 5.67. The van der Waals surface area contributed by atoms with Crippen molar-refractivity contribution in [2.45, 2.75) is 51.0 Å². The zero-order valence-corrected chi connectivity index (χ0v) is 18.6. The predicted molar refractivity (Wildman–Crippen MR) is 123 cm³/mol. The minimum Gasteiger partial charge on any atom is -0.489 e. The van der Waals surface area contributed by atoms with Crippen LogP contribution in [0, 0.1) is 0 Å². The highest BCUT2D eigenvalue weighted by Crippen LogP contribution is 2.21. The van der Waals surface area contributed by atoms with Gasteiger partial charge in [-0.2, -0.15) is 0 Å². The molecule has 172 valence electrons. The smallest absolute Gasteiger partial charge is 0.306 e. The molecule has 0 saturated carbocycles. The topological polar surface area (TPSA) is 76.1 Å². The van der Waals surface area contributed by atoms with Gasteiger partial charge in [0.1, 0.15) is 18.5 Å². The molecule has 6 heteroatoms. The van der Waals surface area contributed by atoms with Crippen LogP contribution in [-0.4, -0.2) is 54.3 Å². The minimum atomic E-state index is -1.00. The van der Waals surface area contributed by atoms with Gasteiger partial charge in [-0.15, -0.1) is 0 Å². The van der Waals surface area contributed by atoms with Crippen molar-refractivity contribution in [3.05, 3.63) is 65.7 Å². The van der Waals surface area contributed by atoms with E-state index in [-0.39, 0.29) is 19.4 Å². The molecule has 2 aromatic carbocycles. The van der Waals surface area contributed by atoms with E-state index in [0.29, 0.717) is 6.54 Å². The van der Waals surface area contributed by atoms with Crippen molar-refractivity contribution in [2.75, 3.05) is 26.2 Å². The Kier molecular flexibility index (Phi) is 9.57. The zero-order chi connectivity index (χ0) is 22.6. The molecule has 0 aliphatic carbocycles. The molecular weight excluding hydrogens is 406 g/mol. The highest BCUT2D eigenvalue weighted by atomic mass is 16.6. The standard InChI is InChI=1S/C26H33NO5/c28-25(29)15-16-26(30)32-23(19-27-17-7-2-8-18-27)20-31-24-12-6-5-11-22(24)14-13-21-9-3-1-4-10-21/h1,3-6,9-12,23H,2,7-8,13-20H2,(H,28,29). The lowest BCUT2D eigenvalue weighted by molar-refractivity contribution is -0.154. The van der Waals surface area contributed by atoms with Crippen LogP contribution in [0.5, 0.6) is 5.75 Å². The van der Waals surface area contributed by atoms with Crippen LogP contribution in [0.2, 0.25) is 0 Å². The molecule has 1 atom stereocenters. The first-order chi connectivity index (χ1) is 15.6. The number of benzene rings is 2. The molecule has 1 fully saturated rings. The molecule has 0 bridgehead atoms. The van der Waals surface area contributed by atoms with E-state index in [2.05, 4.69) is 23.1 Å². The van der Waals surface area contributed by atoms with E-state index in [1.54, 1.807) is 0 Å². The van der Waals surface area contributed by atoms with E-state index in [9.17, 15) is 9.59 Å². The van der Waals surface area contributed by atoms with E-state index < -0.39 is 18.0 Å². The molecule has 2 aromatic rings. The Morgan fingerprint density at radius 3 is 2.38 bits per heavy atom. The molecule has 3 rings (SSSR count). The number of carbonyl (C=O) groups excluding carboxylic acids is 1. The molecule has 1 aliphatic rings. The molecule has 1 unspecified atom stereocenters. The number of carboxylic acids is 1. The van der Waals surface area contributed by atoms with Gasteiger partial charge in [-0.25, -0.2) is 0 Å². The number of likely N-dealkylation sites (tertiary alicyclic amines) is 1. The highest BCUT2D eigenvalue weighted by Gasteiger charge is 2.21. The number of piperidine rings is 1. The maximum absolute atomic E-state index is 12.2. The van der Waals surface area contributed by atoms with Crippen LogP contribution in [0.4, 0.5) is 0 Å². The Labute approximate surface area is 190 Å². The molecule has 0 spiro atoms. The maximum Gasteiger partial charge on any atom is 0.306 e. The number of hydrogen-bond donors (Lipinski definition) is 1. The Balaban J connectivity index is 1.59. The fourth-order valence-electron chi connectivity index (χ4n) is 3.97. The number of rotatable bonds is 12. The number of aryl methyl sites for hydroxylation is 2. The summed E-state index contributed by atoms with van der Waals surface area (Å²) >= 11 is 0. The molecule has 32 heavy (non-hydrogen) atoms. The zero-order valence-electron chi connectivity index (χ0n) is 18.6. The lowest BCUT2D eigenvalue weighted by Gasteiger charge is -2.30.